The van der Waals surface area contributed by atoms with Gasteiger partial charge in [0, 0.05) is 35.3 Å². The predicted molar refractivity (Wildman–Crippen MR) is 96.0 cm³/mol. The molecule has 2 rings (SSSR count). The summed E-state index contributed by atoms with van der Waals surface area (Å²) in [6.45, 7) is 12.3. The van der Waals surface area contributed by atoms with Crippen molar-refractivity contribution in [2.45, 2.75) is 59.0 Å². The highest BCUT2D eigenvalue weighted by atomic mass is 79.9. The minimum absolute atomic E-state index is 0.146. The molecule has 1 atom stereocenters. The zero-order valence-corrected chi connectivity index (χ0v) is 15.5. The van der Waals surface area contributed by atoms with Gasteiger partial charge in [0.2, 0.25) is 0 Å². The lowest BCUT2D eigenvalue weighted by atomic mass is 9.94. The first-order valence-corrected chi connectivity index (χ1v) is 8.97. The zero-order valence-electron chi connectivity index (χ0n) is 13.9. The molecule has 1 N–H and O–H groups in total. The van der Waals surface area contributed by atoms with Crippen LogP contribution in [0, 0.1) is 5.92 Å². The largest absolute Gasteiger partial charge is 0.371 e. The third-order valence-electron chi connectivity index (χ3n) is 4.29. The number of piperidine rings is 1. The maximum absolute atomic E-state index is 3.62. The van der Waals surface area contributed by atoms with Crippen LogP contribution < -0.4 is 10.2 Å². The van der Waals surface area contributed by atoms with Crippen LogP contribution in [0.4, 0.5) is 5.69 Å². The first kappa shape index (κ1) is 16.8. The van der Waals surface area contributed by atoms with E-state index in [4.69, 9.17) is 0 Å². The van der Waals surface area contributed by atoms with Crippen molar-refractivity contribution < 1.29 is 0 Å². The van der Waals surface area contributed by atoms with Crippen LogP contribution in [0.15, 0.2) is 22.7 Å². The molecule has 3 heteroatoms. The minimum Gasteiger partial charge on any atom is -0.371 e. The van der Waals surface area contributed by atoms with Crippen molar-refractivity contribution >= 4 is 21.6 Å². The maximum atomic E-state index is 3.62. The lowest BCUT2D eigenvalue weighted by Gasteiger charge is -2.35. The van der Waals surface area contributed by atoms with Crippen LogP contribution >= 0.6 is 15.9 Å². The Morgan fingerprint density at radius 3 is 2.76 bits per heavy atom. The van der Waals surface area contributed by atoms with Crippen molar-refractivity contribution in [2.24, 2.45) is 5.92 Å². The van der Waals surface area contributed by atoms with E-state index in [1.54, 1.807) is 0 Å². The number of anilines is 1. The molecule has 1 aromatic rings. The predicted octanol–water partition coefficient (Wildman–Crippen LogP) is 4.96. The number of rotatable bonds is 4. The monoisotopic (exact) mass is 352 g/mol. The summed E-state index contributed by atoms with van der Waals surface area (Å²) in [4.78, 5) is 2.59. The molecule has 0 aliphatic carbocycles. The van der Waals surface area contributed by atoms with Crippen molar-refractivity contribution in [2.75, 3.05) is 18.0 Å². The SMILES string of the molecule is CCC1CCCN(c2ccc(Br)cc2CNC(C)(C)C)C1. The Hall–Kier alpha value is -0.540. The fourth-order valence-electron chi connectivity index (χ4n) is 2.98. The second kappa shape index (κ2) is 7.15. The lowest BCUT2D eigenvalue weighted by Crippen LogP contribution is -2.38. The molecule has 0 spiro atoms. The Kier molecular flexibility index (Phi) is 5.73. The van der Waals surface area contributed by atoms with Crippen LogP contribution in [-0.4, -0.2) is 18.6 Å². The molecule has 1 heterocycles. The molecule has 0 bridgehead atoms. The first-order valence-electron chi connectivity index (χ1n) is 8.17. The van der Waals surface area contributed by atoms with Crippen molar-refractivity contribution in [1.29, 1.82) is 0 Å². The lowest BCUT2D eigenvalue weighted by molar-refractivity contribution is 0.401. The fourth-order valence-corrected chi connectivity index (χ4v) is 3.39. The Morgan fingerprint density at radius 2 is 2.10 bits per heavy atom. The normalized spacial score (nSPS) is 19.9. The van der Waals surface area contributed by atoms with Crippen molar-refractivity contribution in [3.63, 3.8) is 0 Å². The van der Waals surface area contributed by atoms with Gasteiger partial charge in [-0.3, -0.25) is 0 Å². The van der Waals surface area contributed by atoms with Gasteiger partial charge in [0.15, 0.2) is 0 Å². The van der Waals surface area contributed by atoms with Gasteiger partial charge in [-0.25, -0.2) is 0 Å². The Bertz CT molecular complexity index is 465. The van der Waals surface area contributed by atoms with Crippen LogP contribution in [0.25, 0.3) is 0 Å². The average molecular weight is 353 g/mol. The molecular weight excluding hydrogens is 324 g/mol. The first-order chi connectivity index (χ1) is 9.89. The van der Waals surface area contributed by atoms with E-state index < -0.39 is 0 Å². The summed E-state index contributed by atoms with van der Waals surface area (Å²) in [7, 11) is 0. The highest BCUT2D eigenvalue weighted by molar-refractivity contribution is 9.10. The highest BCUT2D eigenvalue weighted by Crippen LogP contribution is 2.30. The third kappa shape index (κ3) is 5.00. The highest BCUT2D eigenvalue weighted by Gasteiger charge is 2.21. The summed E-state index contributed by atoms with van der Waals surface area (Å²) in [6.07, 6.45) is 4.00. The molecule has 0 amide bonds. The van der Waals surface area contributed by atoms with Gasteiger partial charge < -0.3 is 10.2 Å². The molecule has 21 heavy (non-hydrogen) atoms. The Morgan fingerprint density at radius 1 is 1.33 bits per heavy atom. The van der Waals surface area contributed by atoms with E-state index in [1.807, 2.05) is 0 Å². The molecular formula is C18H29BrN2. The van der Waals surface area contributed by atoms with Gasteiger partial charge in [-0.15, -0.1) is 0 Å². The summed E-state index contributed by atoms with van der Waals surface area (Å²) >= 11 is 3.62. The molecule has 1 aliphatic heterocycles. The standard InChI is InChI=1S/C18H29BrN2/c1-5-14-7-6-10-21(13-14)17-9-8-16(19)11-15(17)12-20-18(2,3)4/h8-9,11,14,20H,5-7,10,12-13H2,1-4H3. The van der Waals surface area contributed by atoms with Gasteiger partial charge in [0.05, 0.1) is 0 Å². The van der Waals surface area contributed by atoms with Gasteiger partial charge in [-0.05, 0) is 63.3 Å². The number of hydrogen-bond donors (Lipinski definition) is 1. The van der Waals surface area contributed by atoms with E-state index in [0.29, 0.717) is 0 Å². The smallest absolute Gasteiger partial charge is 0.0412 e. The van der Waals surface area contributed by atoms with E-state index in [0.717, 1.165) is 12.5 Å². The van der Waals surface area contributed by atoms with Crippen LogP contribution in [0.1, 0.15) is 52.5 Å². The van der Waals surface area contributed by atoms with Crippen LogP contribution in [0.5, 0.6) is 0 Å². The molecule has 1 aromatic carbocycles. The molecule has 1 aliphatic rings. The molecule has 1 saturated heterocycles. The van der Waals surface area contributed by atoms with Gasteiger partial charge >= 0.3 is 0 Å². The number of halogens is 1. The maximum Gasteiger partial charge on any atom is 0.0412 e. The molecule has 1 unspecified atom stereocenters. The zero-order chi connectivity index (χ0) is 15.5. The molecule has 0 aromatic heterocycles. The quantitative estimate of drug-likeness (QED) is 0.823. The number of hydrogen-bond acceptors (Lipinski definition) is 2. The van der Waals surface area contributed by atoms with Crippen molar-refractivity contribution in [3.05, 3.63) is 28.2 Å². The summed E-state index contributed by atoms with van der Waals surface area (Å²) in [5, 5.41) is 3.62. The summed E-state index contributed by atoms with van der Waals surface area (Å²) in [5.41, 5.74) is 2.96. The van der Waals surface area contributed by atoms with Gasteiger partial charge in [0.25, 0.3) is 0 Å². The number of nitrogens with zero attached hydrogens (tertiary/aromatic N) is 1. The Labute approximate surface area is 138 Å². The van der Waals surface area contributed by atoms with Crippen molar-refractivity contribution in [1.82, 2.24) is 5.32 Å². The van der Waals surface area contributed by atoms with Gasteiger partial charge in [-0.1, -0.05) is 29.3 Å². The molecule has 1 fully saturated rings. The van der Waals surface area contributed by atoms with Crippen molar-refractivity contribution in [3.8, 4) is 0 Å². The van der Waals surface area contributed by atoms with E-state index >= 15 is 0 Å². The van der Waals surface area contributed by atoms with Crippen LogP contribution in [-0.2, 0) is 6.54 Å². The van der Waals surface area contributed by atoms with Gasteiger partial charge in [-0.2, -0.15) is 0 Å². The average Bonchev–Trinajstić information content (AvgIpc) is 2.44. The van der Waals surface area contributed by atoms with E-state index in [-0.39, 0.29) is 5.54 Å². The van der Waals surface area contributed by atoms with Crippen LogP contribution in [0.3, 0.4) is 0 Å². The van der Waals surface area contributed by atoms with E-state index in [9.17, 15) is 0 Å². The molecule has 2 nitrogen and oxygen atoms in total. The van der Waals surface area contributed by atoms with E-state index in [1.165, 1.54) is 48.1 Å². The fraction of sp³-hybridized carbons (Fsp3) is 0.667. The third-order valence-corrected chi connectivity index (χ3v) is 4.78. The van der Waals surface area contributed by atoms with Gasteiger partial charge in [0.1, 0.15) is 0 Å². The van der Waals surface area contributed by atoms with E-state index in [2.05, 4.69) is 72.0 Å². The second-order valence-electron chi connectivity index (χ2n) is 7.24. The molecule has 0 radical (unpaired) electrons. The summed E-state index contributed by atoms with van der Waals surface area (Å²) in [5.74, 6) is 0.853. The topological polar surface area (TPSA) is 15.3 Å². The minimum atomic E-state index is 0.146. The summed E-state index contributed by atoms with van der Waals surface area (Å²) in [6, 6.07) is 6.72. The summed E-state index contributed by atoms with van der Waals surface area (Å²) < 4.78 is 1.17. The number of benzene rings is 1. The number of nitrogens with one attached hydrogen (secondary N) is 1. The van der Waals surface area contributed by atoms with Crippen LogP contribution in [0.2, 0.25) is 0 Å². The molecule has 0 saturated carbocycles. The Balaban J connectivity index is 2.17. The molecule has 118 valence electrons. The second-order valence-corrected chi connectivity index (χ2v) is 8.15.